The fourth-order valence-corrected chi connectivity index (χ4v) is 1.31. The van der Waals surface area contributed by atoms with Crippen LogP contribution in [0.15, 0.2) is 33.5 Å². The third-order valence-corrected chi connectivity index (χ3v) is 1.99. The van der Waals surface area contributed by atoms with Crippen molar-refractivity contribution in [2.45, 2.75) is 0 Å². The number of carbonyl (C=O) groups is 1. The standard InChI is InChI=1S/C10H8N2O5/c1-15-8-5-3-2-4-7(8)12-10(14)17-9(11-12)16-6-13/h2-6H,1H3. The molecular weight excluding hydrogens is 228 g/mol. The van der Waals surface area contributed by atoms with E-state index in [1.54, 1.807) is 24.3 Å². The Hall–Kier alpha value is -2.57. The second-order valence-corrected chi connectivity index (χ2v) is 2.93. The van der Waals surface area contributed by atoms with Crippen molar-refractivity contribution in [3.63, 3.8) is 0 Å². The molecule has 2 aromatic rings. The Morgan fingerprint density at radius 3 is 2.88 bits per heavy atom. The molecule has 0 aliphatic rings. The van der Waals surface area contributed by atoms with Crippen LogP contribution in [-0.2, 0) is 4.79 Å². The molecule has 0 aliphatic carbocycles. The minimum absolute atomic E-state index is 0.123. The third-order valence-electron chi connectivity index (χ3n) is 1.99. The smallest absolute Gasteiger partial charge is 0.444 e. The number of para-hydroxylation sites is 2. The predicted molar refractivity (Wildman–Crippen MR) is 55.3 cm³/mol. The zero-order chi connectivity index (χ0) is 12.3. The highest BCUT2D eigenvalue weighted by molar-refractivity contribution is 5.45. The van der Waals surface area contributed by atoms with Crippen LogP contribution in [0.25, 0.3) is 5.69 Å². The molecule has 7 nitrogen and oxygen atoms in total. The van der Waals surface area contributed by atoms with Gasteiger partial charge in [0.15, 0.2) is 0 Å². The maximum atomic E-state index is 11.5. The highest BCUT2D eigenvalue weighted by Gasteiger charge is 2.13. The van der Waals surface area contributed by atoms with E-state index in [0.717, 1.165) is 4.68 Å². The molecule has 0 saturated heterocycles. The largest absolute Gasteiger partial charge is 0.494 e. The van der Waals surface area contributed by atoms with Gasteiger partial charge in [0.25, 0.3) is 0 Å². The van der Waals surface area contributed by atoms with Crippen molar-refractivity contribution in [3.05, 3.63) is 34.8 Å². The number of benzene rings is 1. The Morgan fingerprint density at radius 1 is 1.41 bits per heavy atom. The minimum atomic E-state index is -0.772. The number of rotatable bonds is 4. The van der Waals surface area contributed by atoms with Crippen LogP contribution in [-0.4, -0.2) is 23.4 Å². The van der Waals surface area contributed by atoms with Gasteiger partial charge in [0.05, 0.1) is 7.11 Å². The molecule has 17 heavy (non-hydrogen) atoms. The van der Waals surface area contributed by atoms with Crippen LogP contribution in [0.2, 0.25) is 0 Å². The molecule has 2 rings (SSSR count). The summed E-state index contributed by atoms with van der Waals surface area (Å²) in [5, 5.41) is 3.68. The fourth-order valence-electron chi connectivity index (χ4n) is 1.31. The van der Waals surface area contributed by atoms with Gasteiger partial charge >= 0.3 is 18.3 Å². The van der Waals surface area contributed by atoms with E-state index in [9.17, 15) is 9.59 Å². The number of ether oxygens (including phenoxy) is 2. The topological polar surface area (TPSA) is 83.6 Å². The van der Waals surface area contributed by atoms with Crippen LogP contribution in [0, 0.1) is 0 Å². The number of aromatic nitrogens is 2. The van der Waals surface area contributed by atoms with E-state index in [4.69, 9.17) is 4.74 Å². The van der Waals surface area contributed by atoms with E-state index in [0.29, 0.717) is 11.4 Å². The van der Waals surface area contributed by atoms with Crippen molar-refractivity contribution in [1.29, 1.82) is 0 Å². The van der Waals surface area contributed by atoms with Crippen molar-refractivity contribution in [1.82, 2.24) is 9.78 Å². The highest BCUT2D eigenvalue weighted by atomic mass is 16.6. The molecule has 0 aliphatic heterocycles. The van der Waals surface area contributed by atoms with Gasteiger partial charge in [0.2, 0.25) is 0 Å². The molecule has 1 heterocycles. The maximum absolute atomic E-state index is 11.5. The SMILES string of the molecule is COc1ccccc1-n1nc(OC=O)oc1=O. The van der Waals surface area contributed by atoms with Crippen LogP contribution >= 0.6 is 0 Å². The van der Waals surface area contributed by atoms with Gasteiger partial charge in [0, 0.05) is 0 Å². The fraction of sp³-hybridized carbons (Fsp3) is 0.100. The van der Waals surface area contributed by atoms with E-state index in [1.165, 1.54) is 7.11 Å². The van der Waals surface area contributed by atoms with Crippen LogP contribution in [0.5, 0.6) is 11.8 Å². The Balaban J connectivity index is 2.52. The monoisotopic (exact) mass is 236 g/mol. The number of carbonyl (C=O) groups excluding carboxylic acids is 1. The molecular formula is C10H8N2O5. The van der Waals surface area contributed by atoms with E-state index < -0.39 is 11.8 Å². The van der Waals surface area contributed by atoms with Crippen LogP contribution in [0.1, 0.15) is 0 Å². The zero-order valence-corrected chi connectivity index (χ0v) is 8.82. The third kappa shape index (κ3) is 2.03. The number of hydrogen-bond donors (Lipinski definition) is 0. The summed E-state index contributed by atoms with van der Waals surface area (Å²) in [6, 6.07) is 6.74. The maximum Gasteiger partial charge on any atom is 0.444 e. The summed E-state index contributed by atoms with van der Waals surface area (Å²) in [5.74, 6) is -0.327. The van der Waals surface area contributed by atoms with Gasteiger partial charge in [-0.25, -0.2) is 4.79 Å². The molecule has 0 fully saturated rings. The van der Waals surface area contributed by atoms with Gasteiger partial charge in [-0.2, -0.15) is 4.68 Å². The van der Waals surface area contributed by atoms with Crippen LogP contribution in [0.3, 0.4) is 0 Å². The summed E-state index contributed by atoms with van der Waals surface area (Å²) >= 11 is 0. The van der Waals surface area contributed by atoms with Crippen molar-refractivity contribution in [2.24, 2.45) is 0 Å². The second kappa shape index (κ2) is 4.52. The molecule has 0 N–H and O–H groups in total. The lowest BCUT2D eigenvalue weighted by atomic mass is 10.3. The second-order valence-electron chi connectivity index (χ2n) is 2.93. The first-order valence-electron chi connectivity index (χ1n) is 4.60. The lowest BCUT2D eigenvalue weighted by molar-refractivity contribution is -0.122. The summed E-state index contributed by atoms with van der Waals surface area (Å²) < 4.78 is 15.0. The molecule has 7 heteroatoms. The first-order chi connectivity index (χ1) is 8.26. The Morgan fingerprint density at radius 2 is 2.18 bits per heavy atom. The van der Waals surface area contributed by atoms with Gasteiger partial charge in [-0.05, 0) is 12.1 Å². The van der Waals surface area contributed by atoms with Crippen LogP contribution in [0.4, 0.5) is 0 Å². The zero-order valence-electron chi connectivity index (χ0n) is 8.82. The van der Waals surface area contributed by atoms with Crippen LogP contribution < -0.4 is 15.2 Å². The molecule has 0 unspecified atom stereocenters. The molecule has 0 radical (unpaired) electrons. The number of nitrogens with zero attached hydrogens (tertiary/aromatic N) is 2. The highest BCUT2D eigenvalue weighted by Crippen LogP contribution is 2.20. The molecule has 1 aromatic carbocycles. The number of methoxy groups -OCH3 is 1. The van der Waals surface area contributed by atoms with E-state index in [-0.39, 0.29) is 6.47 Å². The first-order valence-corrected chi connectivity index (χ1v) is 4.60. The number of hydrogen-bond acceptors (Lipinski definition) is 6. The molecule has 1 aromatic heterocycles. The predicted octanol–water partition coefficient (Wildman–Crippen LogP) is 0.369. The van der Waals surface area contributed by atoms with E-state index >= 15 is 0 Å². The van der Waals surface area contributed by atoms with Gasteiger partial charge < -0.3 is 13.9 Å². The normalized spacial score (nSPS) is 9.94. The summed E-state index contributed by atoms with van der Waals surface area (Å²) in [5.41, 5.74) is 0.393. The molecule has 0 bridgehead atoms. The average molecular weight is 236 g/mol. The summed E-state index contributed by atoms with van der Waals surface area (Å²) in [4.78, 5) is 21.6. The van der Waals surface area contributed by atoms with E-state index in [1.807, 2.05) is 0 Å². The average Bonchev–Trinajstić information content (AvgIpc) is 2.70. The molecule has 0 amide bonds. The van der Waals surface area contributed by atoms with Gasteiger partial charge in [0.1, 0.15) is 11.4 Å². The summed E-state index contributed by atoms with van der Waals surface area (Å²) in [7, 11) is 1.47. The van der Waals surface area contributed by atoms with Crippen molar-refractivity contribution in [3.8, 4) is 17.5 Å². The Bertz CT molecular complexity index is 586. The summed E-state index contributed by atoms with van der Waals surface area (Å²) in [6.45, 7) is 0.123. The van der Waals surface area contributed by atoms with Crippen molar-refractivity contribution < 1.29 is 18.7 Å². The first kappa shape index (κ1) is 10.9. The molecule has 0 atom stereocenters. The lowest BCUT2D eigenvalue weighted by Gasteiger charge is -2.04. The Labute approximate surface area is 95.2 Å². The quantitative estimate of drug-likeness (QED) is 0.713. The van der Waals surface area contributed by atoms with Gasteiger partial charge in [-0.3, -0.25) is 4.79 Å². The van der Waals surface area contributed by atoms with E-state index in [2.05, 4.69) is 14.3 Å². The summed E-state index contributed by atoms with van der Waals surface area (Å²) in [6.07, 6.45) is -0.420. The molecule has 88 valence electrons. The molecule has 0 saturated carbocycles. The van der Waals surface area contributed by atoms with Gasteiger partial charge in [-0.1, -0.05) is 17.2 Å². The minimum Gasteiger partial charge on any atom is -0.494 e. The van der Waals surface area contributed by atoms with Crippen molar-refractivity contribution in [2.75, 3.05) is 7.11 Å². The Kier molecular flexibility index (Phi) is 2.91. The molecule has 0 spiro atoms. The van der Waals surface area contributed by atoms with Crippen molar-refractivity contribution >= 4 is 6.47 Å². The lowest BCUT2D eigenvalue weighted by Crippen LogP contribution is -2.14. The van der Waals surface area contributed by atoms with Gasteiger partial charge in [-0.15, -0.1) is 0 Å².